The Morgan fingerprint density at radius 3 is 2.50 bits per heavy atom. The van der Waals surface area contributed by atoms with Crippen LogP contribution in [0, 0.1) is 6.92 Å². The number of benzene rings is 2. The quantitative estimate of drug-likeness (QED) is 0.793. The molecule has 2 aromatic carbocycles. The van der Waals surface area contributed by atoms with Crippen LogP contribution in [-0.2, 0) is 0 Å². The number of hydrogen-bond acceptors (Lipinski definition) is 5. The first kappa shape index (κ1) is 20.2. The zero-order valence-electron chi connectivity index (χ0n) is 16.5. The standard InChI is InChI=1S/C22H28N2O4/c1-17-5-3-8-21(13-17)28-16-19(25)15-23-9-11-24(12-10-23)22(26)18-6-4-7-20(14-18)27-2/h3-8,13-14,19,25H,9-12,15-16H2,1-2H3. The molecule has 3 rings (SSSR count). The lowest BCUT2D eigenvalue weighted by Gasteiger charge is -2.35. The predicted octanol–water partition coefficient (Wildman–Crippen LogP) is 2.20. The lowest BCUT2D eigenvalue weighted by Crippen LogP contribution is -2.50. The molecule has 150 valence electrons. The van der Waals surface area contributed by atoms with E-state index in [4.69, 9.17) is 9.47 Å². The third-order valence-corrected chi connectivity index (χ3v) is 4.88. The Balaban J connectivity index is 1.43. The summed E-state index contributed by atoms with van der Waals surface area (Å²) in [5.41, 5.74) is 1.77. The Hall–Kier alpha value is -2.57. The second-order valence-corrected chi connectivity index (χ2v) is 7.11. The monoisotopic (exact) mass is 384 g/mol. The molecule has 2 aromatic rings. The summed E-state index contributed by atoms with van der Waals surface area (Å²) < 4.78 is 10.9. The van der Waals surface area contributed by atoms with Gasteiger partial charge in [-0.3, -0.25) is 9.69 Å². The van der Waals surface area contributed by atoms with E-state index < -0.39 is 6.10 Å². The number of piperazine rings is 1. The predicted molar refractivity (Wildman–Crippen MR) is 108 cm³/mol. The van der Waals surface area contributed by atoms with Crippen molar-refractivity contribution in [1.82, 2.24) is 9.80 Å². The molecule has 6 heteroatoms. The fraction of sp³-hybridized carbons (Fsp3) is 0.409. The van der Waals surface area contributed by atoms with Crippen molar-refractivity contribution in [1.29, 1.82) is 0 Å². The van der Waals surface area contributed by atoms with Crippen LogP contribution in [0.3, 0.4) is 0 Å². The normalized spacial score (nSPS) is 15.9. The summed E-state index contributed by atoms with van der Waals surface area (Å²) in [6.07, 6.45) is -0.568. The van der Waals surface area contributed by atoms with Crippen molar-refractivity contribution in [2.24, 2.45) is 0 Å². The van der Waals surface area contributed by atoms with Crippen molar-refractivity contribution in [2.45, 2.75) is 13.0 Å². The average Bonchev–Trinajstić information content (AvgIpc) is 2.72. The lowest BCUT2D eigenvalue weighted by molar-refractivity contribution is 0.0403. The number of aryl methyl sites for hydroxylation is 1. The zero-order chi connectivity index (χ0) is 19.9. The maximum Gasteiger partial charge on any atom is 0.254 e. The molecule has 1 atom stereocenters. The van der Waals surface area contributed by atoms with E-state index in [1.807, 2.05) is 54.3 Å². The highest BCUT2D eigenvalue weighted by Crippen LogP contribution is 2.16. The molecule has 1 unspecified atom stereocenters. The largest absolute Gasteiger partial charge is 0.497 e. The molecule has 0 spiro atoms. The molecule has 0 aliphatic carbocycles. The second-order valence-electron chi connectivity index (χ2n) is 7.11. The minimum atomic E-state index is -0.568. The Labute approximate surface area is 166 Å². The first-order valence-corrected chi connectivity index (χ1v) is 9.58. The van der Waals surface area contributed by atoms with Crippen LogP contribution < -0.4 is 9.47 Å². The van der Waals surface area contributed by atoms with Crippen molar-refractivity contribution in [2.75, 3.05) is 46.4 Å². The van der Waals surface area contributed by atoms with Gasteiger partial charge in [0, 0.05) is 38.3 Å². The number of ether oxygens (including phenoxy) is 2. The molecule has 1 amide bonds. The van der Waals surface area contributed by atoms with E-state index in [9.17, 15) is 9.90 Å². The molecule has 1 fully saturated rings. The summed E-state index contributed by atoms with van der Waals surface area (Å²) in [5.74, 6) is 1.47. The van der Waals surface area contributed by atoms with E-state index in [0.29, 0.717) is 30.9 Å². The number of β-amino-alcohol motifs (C(OH)–C–C–N with tert-alkyl or cyclic N) is 1. The van der Waals surface area contributed by atoms with E-state index in [1.54, 1.807) is 13.2 Å². The van der Waals surface area contributed by atoms with Crippen molar-refractivity contribution >= 4 is 5.91 Å². The molecular weight excluding hydrogens is 356 g/mol. The Bertz CT molecular complexity index is 788. The molecule has 0 bridgehead atoms. The highest BCUT2D eigenvalue weighted by molar-refractivity contribution is 5.94. The molecule has 6 nitrogen and oxygen atoms in total. The van der Waals surface area contributed by atoms with Crippen LogP contribution in [0.2, 0.25) is 0 Å². The molecule has 1 aliphatic rings. The SMILES string of the molecule is COc1cccc(C(=O)N2CCN(CC(O)COc3cccc(C)c3)CC2)c1. The molecule has 0 saturated carbocycles. The number of nitrogens with zero attached hydrogens (tertiary/aromatic N) is 2. The molecule has 1 N–H and O–H groups in total. The summed E-state index contributed by atoms with van der Waals surface area (Å²) in [6.45, 7) is 5.55. The third-order valence-electron chi connectivity index (χ3n) is 4.88. The van der Waals surface area contributed by atoms with Gasteiger partial charge in [0.05, 0.1) is 7.11 Å². The number of methoxy groups -OCH3 is 1. The summed E-state index contributed by atoms with van der Waals surface area (Å²) in [6, 6.07) is 15.0. The summed E-state index contributed by atoms with van der Waals surface area (Å²) in [4.78, 5) is 16.7. The summed E-state index contributed by atoms with van der Waals surface area (Å²) in [7, 11) is 1.59. The highest BCUT2D eigenvalue weighted by atomic mass is 16.5. The van der Waals surface area contributed by atoms with Gasteiger partial charge in [0.15, 0.2) is 0 Å². The number of carbonyl (C=O) groups excluding carboxylic acids is 1. The van der Waals surface area contributed by atoms with E-state index in [-0.39, 0.29) is 12.5 Å². The molecular formula is C22H28N2O4. The minimum absolute atomic E-state index is 0.0156. The Kier molecular flexibility index (Phi) is 6.90. The molecule has 1 saturated heterocycles. The van der Waals surface area contributed by atoms with Crippen LogP contribution in [0.4, 0.5) is 0 Å². The van der Waals surface area contributed by atoms with Crippen molar-refractivity contribution in [3.63, 3.8) is 0 Å². The Morgan fingerprint density at radius 2 is 1.79 bits per heavy atom. The van der Waals surface area contributed by atoms with Crippen LogP contribution in [0.1, 0.15) is 15.9 Å². The van der Waals surface area contributed by atoms with Gasteiger partial charge in [-0.15, -0.1) is 0 Å². The smallest absolute Gasteiger partial charge is 0.254 e. The number of aliphatic hydroxyl groups is 1. The highest BCUT2D eigenvalue weighted by Gasteiger charge is 2.23. The van der Waals surface area contributed by atoms with Crippen LogP contribution >= 0.6 is 0 Å². The first-order valence-electron chi connectivity index (χ1n) is 9.58. The zero-order valence-corrected chi connectivity index (χ0v) is 16.5. The fourth-order valence-corrected chi connectivity index (χ4v) is 3.32. The van der Waals surface area contributed by atoms with Crippen LogP contribution in [0.5, 0.6) is 11.5 Å². The van der Waals surface area contributed by atoms with E-state index >= 15 is 0 Å². The Morgan fingerprint density at radius 1 is 1.07 bits per heavy atom. The minimum Gasteiger partial charge on any atom is -0.497 e. The van der Waals surface area contributed by atoms with Crippen LogP contribution in [0.15, 0.2) is 48.5 Å². The number of aliphatic hydroxyl groups excluding tert-OH is 1. The molecule has 1 heterocycles. The first-order chi connectivity index (χ1) is 13.5. The van der Waals surface area contributed by atoms with Gasteiger partial charge in [-0.1, -0.05) is 18.2 Å². The lowest BCUT2D eigenvalue weighted by atomic mass is 10.1. The average molecular weight is 384 g/mol. The van der Waals surface area contributed by atoms with Crippen LogP contribution in [-0.4, -0.2) is 73.4 Å². The maximum atomic E-state index is 12.7. The number of hydrogen-bond donors (Lipinski definition) is 1. The van der Waals surface area contributed by atoms with Gasteiger partial charge in [-0.05, 0) is 42.8 Å². The van der Waals surface area contributed by atoms with Crippen molar-refractivity contribution in [3.8, 4) is 11.5 Å². The van der Waals surface area contributed by atoms with Crippen molar-refractivity contribution < 1.29 is 19.4 Å². The van der Waals surface area contributed by atoms with Crippen LogP contribution in [0.25, 0.3) is 0 Å². The van der Waals surface area contributed by atoms with Gasteiger partial charge in [0.1, 0.15) is 24.2 Å². The van der Waals surface area contributed by atoms with Crippen molar-refractivity contribution in [3.05, 3.63) is 59.7 Å². The summed E-state index contributed by atoms with van der Waals surface area (Å²) >= 11 is 0. The van der Waals surface area contributed by atoms with E-state index in [2.05, 4.69) is 4.90 Å². The van der Waals surface area contributed by atoms with Gasteiger partial charge in [-0.25, -0.2) is 0 Å². The number of amides is 1. The van der Waals surface area contributed by atoms with Gasteiger partial charge in [-0.2, -0.15) is 0 Å². The number of rotatable bonds is 7. The number of carbonyl (C=O) groups is 1. The maximum absolute atomic E-state index is 12.7. The third kappa shape index (κ3) is 5.47. The molecule has 1 aliphatic heterocycles. The molecule has 28 heavy (non-hydrogen) atoms. The molecule has 0 aromatic heterocycles. The van der Waals surface area contributed by atoms with Gasteiger partial charge < -0.3 is 19.5 Å². The molecule has 0 radical (unpaired) electrons. The van der Waals surface area contributed by atoms with E-state index in [1.165, 1.54) is 0 Å². The van der Waals surface area contributed by atoms with E-state index in [0.717, 1.165) is 24.4 Å². The van der Waals surface area contributed by atoms with Gasteiger partial charge in [0.2, 0.25) is 0 Å². The van der Waals surface area contributed by atoms with Gasteiger partial charge in [0.25, 0.3) is 5.91 Å². The fourth-order valence-electron chi connectivity index (χ4n) is 3.32. The van der Waals surface area contributed by atoms with Gasteiger partial charge >= 0.3 is 0 Å². The summed E-state index contributed by atoms with van der Waals surface area (Å²) in [5, 5.41) is 10.3. The second kappa shape index (κ2) is 9.57. The topological polar surface area (TPSA) is 62.2 Å².